The molecular formula is C23H17N3O3S2. The normalized spacial score (nSPS) is 11.0. The summed E-state index contributed by atoms with van der Waals surface area (Å²) in [4.78, 5) is 28.6. The zero-order chi connectivity index (χ0) is 21.5. The number of ether oxygens (including phenoxy) is 1. The second-order valence-electron chi connectivity index (χ2n) is 6.35. The largest absolute Gasteiger partial charge is 0.423 e. The van der Waals surface area contributed by atoms with Gasteiger partial charge in [0, 0.05) is 0 Å². The van der Waals surface area contributed by atoms with Crippen LogP contribution in [0, 0.1) is 0 Å². The number of hydrazone groups is 1. The Morgan fingerprint density at radius 2 is 1.74 bits per heavy atom. The third kappa shape index (κ3) is 5.78. The Bertz CT molecular complexity index is 1190. The van der Waals surface area contributed by atoms with E-state index in [0.717, 1.165) is 20.1 Å². The number of hydrogen-bond donors (Lipinski definition) is 1. The lowest BCUT2D eigenvalue weighted by Gasteiger charge is -2.04. The van der Waals surface area contributed by atoms with Crippen molar-refractivity contribution in [1.29, 1.82) is 0 Å². The number of nitrogens with one attached hydrogen (secondary N) is 1. The molecule has 0 aliphatic rings. The zero-order valence-electron chi connectivity index (χ0n) is 16.2. The van der Waals surface area contributed by atoms with Gasteiger partial charge in [0.15, 0.2) is 4.34 Å². The second kappa shape index (κ2) is 10.0. The molecule has 0 radical (unpaired) electrons. The number of hydrogen-bond acceptors (Lipinski definition) is 7. The Morgan fingerprint density at radius 3 is 2.52 bits per heavy atom. The lowest BCUT2D eigenvalue weighted by Crippen LogP contribution is -2.19. The van der Waals surface area contributed by atoms with Crippen LogP contribution < -0.4 is 10.2 Å². The highest BCUT2D eigenvalue weighted by Crippen LogP contribution is 2.29. The number of thiazole rings is 1. The number of aromatic nitrogens is 1. The van der Waals surface area contributed by atoms with Crippen LogP contribution in [0.3, 0.4) is 0 Å². The molecule has 8 heteroatoms. The van der Waals surface area contributed by atoms with Crippen LogP contribution in [0.15, 0.2) is 88.3 Å². The van der Waals surface area contributed by atoms with E-state index in [0.29, 0.717) is 11.3 Å². The average Bonchev–Trinajstić information content (AvgIpc) is 3.22. The van der Waals surface area contributed by atoms with Crippen LogP contribution in [0.1, 0.15) is 15.9 Å². The molecule has 4 rings (SSSR count). The van der Waals surface area contributed by atoms with E-state index in [1.54, 1.807) is 59.9 Å². The minimum Gasteiger partial charge on any atom is -0.423 e. The van der Waals surface area contributed by atoms with Crippen molar-refractivity contribution in [3.05, 3.63) is 90.0 Å². The number of thioether (sulfide) groups is 1. The summed E-state index contributed by atoms with van der Waals surface area (Å²) in [5.74, 6) is 0.0297. The standard InChI is InChI=1S/C23H17N3O3S2/c27-21(15-30-23-25-19-8-4-5-9-20(19)31-23)26-24-14-16-10-12-18(13-11-16)29-22(28)17-6-2-1-3-7-17/h1-14H,15H2,(H,26,27)/b24-14-. The van der Waals surface area contributed by atoms with E-state index in [-0.39, 0.29) is 11.7 Å². The summed E-state index contributed by atoms with van der Waals surface area (Å²) < 4.78 is 7.28. The molecule has 0 atom stereocenters. The van der Waals surface area contributed by atoms with Crippen LogP contribution in [0.5, 0.6) is 5.75 Å². The number of carbonyl (C=O) groups excluding carboxylic acids is 2. The van der Waals surface area contributed by atoms with Crippen molar-refractivity contribution in [2.45, 2.75) is 4.34 Å². The molecule has 1 heterocycles. The number of fused-ring (bicyclic) bond motifs is 1. The van der Waals surface area contributed by atoms with Gasteiger partial charge in [-0.1, -0.05) is 42.1 Å². The van der Waals surface area contributed by atoms with Crippen LogP contribution in [-0.2, 0) is 4.79 Å². The fourth-order valence-electron chi connectivity index (χ4n) is 2.61. The van der Waals surface area contributed by atoms with Gasteiger partial charge in [-0.25, -0.2) is 15.2 Å². The maximum absolute atomic E-state index is 12.1. The number of benzene rings is 3. The van der Waals surface area contributed by atoms with Crippen LogP contribution in [0.25, 0.3) is 10.2 Å². The van der Waals surface area contributed by atoms with Crippen molar-refractivity contribution in [3.8, 4) is 5.75 Å². The van der Waals surface area contributed by atoms with Gasteiger partial charge in [-0.3, -0.25) is 4.79 Å². The smallest absolute Gasteiger partial charge is 0.343 e. The minimum atomic E-state index is -0.417. The molecule has 0 bridgehead atoms. The molecule has 0 spiro atoms. The first kappa shape index (κ1) is 20.8. The van der Waals surface area contributed by atoms with Crippen molar-refractivity contribution < 1.29 is 14.3 Å². The van der Waals surface area contributed by atoms with Crippen molar-refractivity contribution >= 4 is 51.4 Å². The molecule has 0 saturated carbocycles. The molecule has 4 aromatic rings. The summed E-state index contributed by atoms with van der Waals surface area (Å²) in [6, 6.07) is 23.5. The number of amides is 1. The molecule has 0 fully saturated rings. The lowest BCUT2D eigenvalue weighted by molar-refractivity contribution is -0.118. The molecule has 31 heavy (non-hydrogen) atoms. The van der Waals surface area contributed by atoms with E-state index in [1.807, 2.05) is 30.3 Å². The first-order chi connectivity index (χ1) is 15.2. The molecule has 154 valence electrons. The van der Waals surface area contributed by atoms with Crippen LogP contribution >= 0.6 is 23.1 Å². The van der Waals surface area contributed by atoms with E-state index in [1.165, 1.54) is 18.0 Å². The Labute approximate surface area is 187 Å². The predicted octanol–water partition coefficient (Wildman–Crippen LogP) is 4.76. The number of esters is 1. The molecule has 6 nitrogen and oxygen atoms in total. The van der Waals surface area contributed by atoms with E-state index in [2.05, 4.69) is 15.5 Å². The third-order valence-corrected chi connectivity index (χ3v) is 6.28. The highest BCUT2D eigenvalue weighted by Gasteiger charge is 2.08. The van der Waals surface area contributed by atoms with Crippen LogP contribution in [-0.4, -0.2) is 28.8 Å². The predicted molar refractivity (Wildman–Crippen MR) is 124 cm³/mol. The molecule has 0 unspecified atom stereocenters. The van der Waals surface area contributed by atoms with Gasteiger partial charge in [0.1, 0.15) is 5.75 Å². The number of nitrogens with zero attached hydrogens (tertiary/aromatic N) is 2. The summed E-state index contributed by atoms with van der Waals surface area (Å²) in [7, 11) is 0. The van der Waals surface area contributed by atoms with Crippen molar-refractivity contribution in [2.24, 2.45) is 5.10 Å². The Balaban J connectivity index is 1.24. The molecule has 1 amide bonds. The van der Waals surface area contributed by atoms with Gasteiger partial charge in [-0.05, 0) is 54.1 Å². The summed E-state index contributed by atoms with van der Waals surface area (Å²) in [5.41, 5.74) is 4.69. The maximum Gasteiger partial charge on any atom is 0.343 e. The first-order valence-corrected chi connectivity index (χ1v) is 11.2. The third-order valence-electron chi connectivity index (χ3n) is 4.10. The van der Waals surface area contributed by atoms with Gasteiger partial charge in [0.25, 0.3) is 5.91 Å². The van der Waals surface area contributed by atoms with Gasteiger partial charge >= 0.3 is 5.97 Å². The SMILES string of the molecule is O=C(CSc1nc2ccccc2s1)N/N=C\c1ccc(OC(=O)c2ccccc2)cc1. The number of carbonyl (C=O) groups is 2. The maximum atomic E-state index is 12.1. The fraction of sp³-hybridized carbons (Fsp3) is 0.0435. The van der Waals surface area contributed by atoms with Gasteiger partial charge in [0.2, 0.25) is 0 Å². The Hall–Kier alpha value is -3.49. The molecule has 3 aromatic carbocycles. The topological polar surface area (TPSA) is 80.7 Å². The Morgan fingerprint density at radius 1 is 1.00 bits per heavy atom. The first-order valence-electron chi connectivity index (χ1n) is 9.35. The molecule has 1 aromatic heterocycles. The van der Waals surface area contributed by atoms with Crippen molar-refractivity contribution in [2.75, 3.05) is 5.75 Å². The van der Waals surface area contributed by atoms with Crippen LogP contribution in [0.4, 0.5) is 0 Å². The van der Waals surface area contributed by atoms with E-state index < -0.39 is 5.97 Å². The zero-order valence-corrected chi connectivity index (χ0v) is 17.9. The van der Waals surface area contributed by atoms with Gasteiger partial charge < -0.3 is 4.74 Å². The summed E-state index contributed by atoms with van der Waals surface area (Å²) in [6.45, 7) is 0. The highest BCUT2D eigenvalue weighted by atomic mass is 32.2. The highest BCUT2D eigenvalue weighted by molar-refractivity contribution is 8.01. The minimum absolute atomic E-state index is 0.214. The fourth-order valence-corrected chi connectivity index (χ4v) is 4.47. The lowest BCUT2D eigenvalue weighted by atomic mass is 10.2. The van der Waals surface area contributed by atoms with Crippen LogP contribution in [0.2, 0.25) is 0 Å². The summed E-state index contributed by atoms with van der Waals surface area (Å²) in [6.07, 6.45) is 1.53. The quantitative estimate of drug-likeness (QED) is 0.145. The Kier molecular flexibility index (Phi) is 6.71. The van der Waals surface area contributed by atoms with E-state index in [4.69, 9.17) is 4.74 Å². The van der Waals surface area contributed by atoms with Gasteiger partial charge in [0.05, 0.1) is 27.7 Å². The van der Waals surface area contributed by atoms with Crippen molar-refractivity contribution in [3.63, 3.8) is 0 Å². The van der Waals surface area contributed by atoms with E-state index >= 15 is 0 Å². The summed E-state index contributed by atoms with van der Waals surface area (Å²) in [5, 5.41) is 3.97. The molecular weight excluding hydrogens is 430 g/mol. The van der Waals surface area contributed by atoms with Crippen molar-refractivity contribution in [1.82, 2.24) is 10.4 Å². The molecule has 0 aliphatic carbocycles. The second-order valence-corrected chi connectivity index (χ2v) is 8.61. The molecule has 0 saturated heterocycles. The van der Waals surface area contributed by atoms with E-state index in [9.17, 15) is 9.59 Å². The average molecular weight is 448 g/mol. The number of para-hydroxylation sites is 1. The molecule has 0 aliphatic heterocycles. The summed E-state index contributed by atoms with van der Waals surface area (Å²) >= 11 is 2.94. The van der Waals surface area contributed by atoms with Gasteiger partial charge in [-0.15, -0.1) is 11.3 Å². The number of rotatable bonds is 7. The van der Waals surface area contributed by atoms with Gasteiger partial charge in [-0.2, -0.15) is 5.10 Å². The molecule has 1 N–H and O–H groups in total. The monoisotopic (exact) mass is 447 g/mol.